The summed E-state index contributed by atoms with van der Waals surface area (Å²) in [5, 5.41) is 0.800. The van der Waals surface area contributed by atoms with Crippen LogP contribution in [0.5, 0.6) is 0 Å². The number of likely N-dealkylation sites (tertiary alicyclic amines) is 1. The van der Waals surface area contributed by atoms with Crippen molar-refractivity contribution in [1.82, 2.24) is 18.8 Å². The van der Waals surface area contributed by atoms with Crippen LogP contribution < -0.4 is 0 Å². The molecule has 2 saturated heterocycles. The van der Waals surface area contributed by atoms with Crippen molar-refractivity contribution in [2.24, 2.45) is 0 Å². The molecule has 2 aliphatic rings. The Morgan fingerprint density at radius 2 is 1.64 bits per heavy atom. The van der Waals surface area contributed by atoms with Crippen LogP contribution in [0.1, 0.15) is 50.8 Å². The minimum atomic E-state index is -3.85. The van der Waals surface area contributed by atoms with Gasteiger partial charge in [0, 0.05) is 55.6 Å². The largest absolute Gasteiger partial charge is 0.444 e. The number of rotatable bonds is 6. The number of morpholine rings is 1. The number of fused-ring (bicyclic) bond motifs is 1. The van der Waals surface area contributed by atoms with Crippen molar-refractivity contribution in [2.75, 3.05) is 39.4 Å². The molecule has 2 aromatic heterocycles. The van der Waals surface area contributed by atoms with Crippen LogP contribution in [0.4, 0.5) is 4.79 Å². The molecule has 10 heteroatoms. The highest BCUT2D eigenvalue weighted by atomic mass is 32.2. The third-order valence-electron chi connectivity index (χ3n) is 8.33. The third kappa shape index (κ3) is 6.38. The zero-order valence-corrected chi connectivity index (χ0v) is 26.4. The van der Waals surface area contributed by atoms with Gasteiger partial charge in [0.25, 0.3) is 10.0 Å². The Kier molecular flexibility index (Phi) is 8.50. The van der Waals surface area contributed by atoms with Crippen molar-refractivity contribution in [3.05, 3.63) is 84.2 Å². The maximum absolute atomic E-state index is 14.0. The highest BCUT2D eigenvalue weighted by Gasteiger charge is 2.29. The molecular formula is C34H40N4O5S. The van der Waals surface area contributed by atoms with E-state index in [0.717, 1.165) is 42.6 Å². The Morgan fingerprint density at radius 3 is 2.30 bits per heavy atom. The summed E-state index contributed by atoms with van der Waals surface area (Å²) in [6.45, 7) is 10.2. The Hall–Kier alpha value is -3.73. The zero-order valence-electron chi connectivity index (χ0n) is 25.6. The van der Waals surface area contributed by atoms with Crippen LogP contribution in [0.2, 0.25) is 0 Å². The first-order chi connectivity index (χ1) is 21.1. The molecule has 232 valence electrons. The van der Waals surface area contributed by atoms with E-state index in [0.29, 0.717) is 50.0 Å². The number of amides is 1. The van der Waals surface area contributed by atoms with Gasteiger partial charge in [0.05, 0.1) is 29.3 Å². The fraction of sp³-hybridized carbons (Fsp3) is 0.412. The normalized spacial score (nSPS) is 17.2. The predicted molar refractivity (Wildman–Crippen MR) is 170 cm³/mol. The topological polar surface area (TPSA) is 94.0 Å². The van der Waals surface area contributed by atoms with Crippen molar-refractivity contribution in [3.63, 3.8) is 0 Å². The van der Waals surface area contributed by atoms with Gasteiger partial charge in [-0.1, -0.05) is 42.5 Å². The molecule has 0 spiro atoms. The first-order valence-corrected chi connectivity index (χ1v) is 16.7. The first-order valence-electron chi connectivity index (χ1n) is 15.3. The number of nitrogens with zero attached hydrogens (tertiary/aromatic N) is 4. The van der Waals surface area contributed by atoms with Crippen LogP contribution >= 0.6 is 0 Å². The van der Waals surface area contributed by atoms with E-state index in [9.17, 15) is 13.2 Å². The summed E-state index contributed by atoms with van der Waals surface area (Å²) in [6, 6.07) is 20.8. The van der Waals surface area contributed by atoms with Crippen LogP contribution in [0, 0.1) is 0 Å². The van der Waals surface area contributed by atoms with E-state index in [2.05, 4.69) is 29.2 Å². The molecule has 0 unspecified atom stereocenters. The number of hydrogen-bond acceptors (Lipinski definition) is 7. The van der Waals surface area contributed by atoms with E-state index in [-0.39, 0.29) is 11.0 Å². The summed E-state index contributed by atoms with van der Waals surface area (Å²) < 4.78 is 40.6. The smallest absolute Gasteiger partial charge is 0.410 e. The summed E-state index contributed by atoms with van der Waals surface area (Å²) in [6.07, 6.45) is 3.18. The van der Waals surface area contributed by atoms with E-state index < -0.39 is 15.6 Å². The van der Waals surface area contributed by atoms with Crippen molar-refractivity contribution >= 4 is 27.0 Å². The molecule has 2 aliphatic heterocycles. The lowest BCUT2D eigenvalue weighted by Gasteiger charge is -2.33. The number of aromatic nitrogens is 2. The van der Waals surface area contributed by atoms with Gasteiger partial charge in [0.15, 0.2) is 0 Å². The van der Waals surface area contributed by atoms with Crippen molar-refractivity contribution in [1.29, 1.82) is 0 Å². The second-order valence-electron chi connectivity index (χ2n) is 12.6. The lowest BCUT2D eigenvalue weighted by atomic mass is 9.89. The quantitative estimate of drug-likeness (QED) is 0.267. The molecule has 6 rings (SSSR count). The van der Waals surface area contributed by atoms with Gasteiger partial charge >= 0.3 is 6.09 Å². The molecular weight excluding hydrogens is 576 g/mol. The van der Waals surface area contributed by atoms with Crippen molar-refractivity contribution in [2.45, 2.75) is 56.6 Å². The Morgan fingerprint density at radius 1 is 0.955 bits per heavy atom. The Balaban J connectivity index is 1.29. The number of carbonyl (C=O) groups is 1. The van der Waals surface area contributed by atoms with E-state index in [1.54, 1.807) is 41.4 Å². The van der Waals surface area contributed by atoms with Gasteiger partial charge in [-0.3, -0.25) is 9.88 Å². The second kappa shape index (κ2) is 12.3. The molecule has 4 heterocycles. The van der Waals surface area contributed by atoms with Gasteiger partial charge in [0.1, 0.15) is 5.60 Å². The molecule has 0 saturated carbocycles. The zero-order chi connectivity index (χ0) is 30.9. The van der Waals surface area contributed by atoms with Crippen molar-refractivity contribution in [3.8, 4) is 11.3 Å². The predicted octanol–water partition coefficient (Wildman–Crippen LogP) is 5.89. The molecule has 0 N–H and O–H groups in total. The van der Waals surface area contributed by atoms with E-state index in [1.807, 2.05) is 32.9 Å². The van der Waals surface area contributed by atoms with Crippen LogP contribution in [0.3, 0.4) is 0 Å². The average Bonchev–Trinajstić information content (AvgIpc) is 3.40. The monoisotopic (exact) mass is 616 g/mol. The fourth-order valence-corrected chi connectivity index (χ4v) is 7.66. The minimum absolute atomic E-state index is 0.250. The van der Waals surface area contributed by atoms with Crippen LogP contribution in [0.25, 0.3) is 22.2 Å². The molecule has 2 aromatic carbocycles. The maximum Gasteiger partial charge on any atom is 0.410 e. The average molecular weight is 617 g/mol. The number of ether oxygens (including phenoxy) is 2. The SMILES string of the molecule is CC(C)(C)OC(=O)N1CCC(c2ccc(-c3nccc4c3cc(CN3CCOCC3)n4S(=O)(=O)c3ccccc3)cc2)CC1. The molecule has 0 aliphatic carbocycles. The molecule has 9 nitrogen and oxygen atoms in total. The Bertz CT molecular complexity index is 1720. The lowest BCUT2D eigenvalue weighted by molar-refractivity contribution is 0.0204. The summed E-state index contributed by atoms with van der Waals surface area (Å²) in [5.41, 5.74) is 3.71. The lowest BCUT2D eigenvalue weighted by Crippen LogP contribution is -2.41. The van der Waals surface area contributed by atoms with Gasteiger partial charge in [-0.2, -0.15) is 0 Å². The molecule has 1 amide bonds. The van der Waals surface area contributed by atoms with Crippen LogP contribution in [-0.4, -0.2) is 78.3 Å². The molecule has 44 heavy (non-hydrogen) atoms. The maximum atomic E-state index is 14.0. The van der Waals surface area contributed by atoms with Crippen LogP contribution in [-0.2, 0) is 26.0 Å². The molecule has 4 aromatic rings. The number of benzene rings is 2. The first kappa shape index (κ1) is 30.3. The van der Waals surface area contributed by atoms with Gasteiger partial charge in [-0.25, -0.2) is 17.2 Å². The van der Waals surface area contributed by atoms with Crippen molar-refractivity contribution < 1.29 is 22.7 Å². The van der Waals surface area contributed by atoms with E-state index in [1.165, 1.54) is 9.54 Å². The van der Waals surface area contributed by atoms with Crippen LogP contribution in [0.15, 0.2) is 77.8 Å². The molecule has 0 atom stereocenters. The number of hydrogen-bond donors (Lipinski definition) is 0. The molecule has 0 radical (unpaired) electrons. The minimum Gasteiger partial charge on any atom is -0.444 e. The summed E-state index contributed by atoms with van der Waals surface area (Å²) >= 11 is 0. The highest BCUT2D eigenvalue weighted by Crippen LogP contribution is 2.35. The number of carbonyl (C=O) groups excluding carboxylic acids is 1. The third-order valence-corrected chi connectivity index (χ3v) is 10.1. The molecule has 0 bridgehead atoms. The fourth-order valence-electron chi connectivity index (χ4n) is 6.11. The summed E-state index contributed by atoms with van der Waals surface area (Å²) in [7, 11) is -3.85. The van der Waals surface area contributed by atoms with E-state index in [4.69, 9.17) is 14.5 Å². The van der Waals surface area contributed by atoms with Gasteiger partial charge in [-0.05, 0) is 69.4 Å². The van der Waals surface area contributed by atoms with Gasteiger partial charge < -0.3 is 14.4 Å². The van der Waals surface area contributed by atoms with E-state index >= 15 is 0 Å². The number of pyridine rings is 1. The number of piperidine rings is 1. The second-order valence-corrected chi connectivity index (χ2v) is 14.3. The Labute approximate surface area is 259 Å². The summed E-state index contributed by atoms with van der Waals surface area (Å²) in [4.78, 5) is 21.5. The van der Waals surface area contributed by atoms with Gasteiger partial charge in [0.2, 0.25) is 0 Å². The summed E-state index contributed by atoms with van der Waals surface area (Å²) in [5.74, 6) is 0.351. The van der Waals surface area contributed by atoms with Gasteiger partial charge in [-0.15, -0.1) is 0 Å². The standard InChI is InChI=1S/C34H40N4O5S/c1-34(2,3)43-33(39)37-17-14-26(15-18-37)25-9-11-27(12-10-25)32-30-23-28(24-36-19-21-42-22-20-36)38(31(30)13-16-35-32)44(40,41)29-7-5-4-6-8-29/h4-13,16,23,26H,14-15,17-22,24H2,1-3H3. The highest BCUT2D eigenvalue weighted by molar-refractivity contribution is 7.90. The molecule has 2 fully saturated rings.